The summed E-state index contributed by atoms with van der Waals surface area (Å²) in [6, 6.07) is 11.2. The van der Waals surface area contributed by atoms with Gasteiger partial charge in [-0.15, -0.1) is 0 Å². The molecule has 0 bridgehead atoms. The molecule has 1 heterocycles. The second-order valence-electron chi connectivity index (χ2n) is 6.77. The summed E-state index contributed by atoms with van der Waals surface area (Å²) in [7, 11) is 0. The third-order valence-corrected chi connectivity index (χ3v) is 4.90. The summed E-state index contributed by atoms with van der Waals surface area (Å²) in [5.41, 5.74) is 0.798. The van der Waals surface area contributed by atoms with Gasteiger partial charge in [-0.2, -0.15) is 0 Å². The zero-order valence-corrected chi connectivity index (χ0v) is 17.5. The SMILES string of the molecule is CC(C)OC(=O)CN1C(=O)S/C(=C\c2ccc(OC(=O)c3ccc(F)cc3)cc2)C1=O. The molecule has 0 radical (unpaired) electrons. The zero-order chi connectivity index (χ0) is 22.5. The van der Waals surface area contributed by atoms with Crippen molar-refractivity contribution in [1.82, 2.24) is 4.90 Å². The number of carbonyl (C=O) groups is 4. The fraction of sp³-hybridized carbons (Fsp3) is 0.182. The van der Waals surface area contributed by atoms with E-state index in [1.54, 1.807) is 26.0 Å². The number of imide groups is 1. The number of carbonyl (C=O) groups excluding carboxylic acids is 4. The van der Waals surface area contributed by atoms with Crippen LogP contribution >= 0.6 is 11.8 Å². The predicted octanol–water partition coefficient (Wildman–Crippen LogP) is 4.03. The van der Waals surface area contributed by atoms with Gasteiger partial charge in [-0.05, 0) is 73.6 Å². The van der Waals surface area contributed by atoms with Gasteiger partial charge in [-0.25, -0.2) is 9.18 Å². The molecule has 2 aromatic rings. The number of hydrogen-bond donors (Lipinski definition) is 0. The van der Waals surface area contributed by atoms with Crippen molar-refractivity contribution in [2.24, 2.45) is 0 Å². The van der Waals surface area contributed by atoms with Crippen molar-refractivity contribution in [2.45, 2.75) is 20.0 Å². The van der Waals surface area contributed by atoms with Crippen LogP contribution in [-0.2, 0) is 14.3 Å². The van der Waals surface area contributed by atoms with E-state index in [1.165, 1.54) is 30.3 Å². The summed E-state index contributed by atoms with van der Waals surface area (Å²) in [5, 5.41) is -0.554. The fourth-order valence-electron chi connectivity index (χ4n) is 2.60. The highest BCUT2D eigenvalue weighted by Gasteiger charge is 2.36. The van der Waals surface area contributed by atoms with Crippen molar-refractivity contribution in [3.63, 3.8) is 0 Å². The Kier molecular flexibility index (Phi) is 6.86. The van der Waals surface area contributed by atoms with E-state index in [0.29, 0.717) is 5.56 Å². The van der Waals surface area contributed by atoms with E-state index >= 15 is 0 Å². The highest BCUT2D eigenvalue weighted by atomic mass is 32.2. The van der Waals surface area contributed by atoms with Gasteiger partial charge in [0.05, 0.1) is 16.6 Å². The molecule has 0 unspecified atom stereocenters. The lowest BCUT2D eigenvalue weighted by molar-refractivity contribution is -0.149. The maximum Gasteiger partial charge on any atom is 0.343 e. The lowest BCUT2D eigenvalue weighted by Gasteiger charge is -2.13. The van der Waals surface area contributed by atoms with Crippen molar-refractivity contribution in [2.75, 3.05) is 6.54 Å². The minimum Gasteiger partial charge on any atom is -0.462 e. The number of rotatable bonds is 6. The number of halogens is 1. The molecule has 1 aliphatic rings. The van der Waals surface area contributed by atoms with Crippen LogP contribution in [0.1, 0.15) is 29.8 Å². The molecule has 0 atom stereocenters. The Labute approximate surface area is 181 Å². The minimum atomic E-state index is -0.661. The number of amides is 2. The maximum absolute atomic E-state index is 12.9. The molecule has 9 heteroatoms. The largest absolute Gasteiger partial charge is 0.462 e. The molecule has 0 spiro atoms. The summed E-state index contributed by atoms with van der Waals surface area (Å²) < 4.78 is 23.1. The Morgan fingerprint density at radius 2 is 1.71 bits per heavy atom. The normalized spacial score (nSPS) is 15.0. The monoisotopic (exact) mass is 443 g/mol. The highest BCUT2D eigenvalue weighted by molar-refractivity contribution is 8.18. The number of ether oxygens (including phenoxy) is 2. The van der Waals surface area contributed by atoms with E-state index in [2.05, 4.69) is 0 Å². The van der Waals surface area contributed by atoms with Gasteiger partial charge in [-0.1, -0.05) is 12.1 Å². The molecule has 1 saturated heterocycles. The molecule has 160 valence electrons. The molecule has 2 aromatic carbocycles. The summed E-state index contributed by atoms with van der Waals surface area (Å²) in [5.74, 6) is -2.08. The predicted molar refractivity (Wildman–Crippen MR) is 112 cm³/mol. The number of thioether (sulfide) groups is 1. The quantitative estimate of drug-likeness (QED) is 0.378. The van der Waals surface area contributed by atoms with Crippen LogP contribution in [0, 0.1) is 5.82 Å². The topological polar surface area (TPSA) is 90.0 Å². The molecular weight excluding hydrogens is 425 g/mol. The van der Waals surface area contributed by atoms with Crippen molar-refractivity contribution in [3.05, 3.63) is 70.4 Å². The Morgan fingerprint density at radius 1 is 1.06 bits per heavy atom. The van der Waals surface area contributed by atoms with Gasteiger partial charge < -0.3 is 9.47 Å². The number of nitrogens with zero attached hydrogens (tertiary/aromatic N) is 1. The molecule has 0 saturated carbocycles. The van der Waals surface area contributed by atoms with Crippen molar-refractivity contribution >= 4 is 40.9 Å². The van der Waals surface area contributed by atoms with Gasteiger partial charge in [-0.3, -0.25) is 19.3 Å². The van der Waals surface area contributed by atoms with Gasteiger partial charge in [0.2, 0.25) is 0 Å². The Balaban J connectivity index is 1.65. The molecule has 2 amide bonds. The van der Waals surface area contributed by atoms with Crippen LogP contribution < -0.4 is 4.74 Å². The van der Waals surface area contributed by atoms with E-state index in [-0.39, 0.29) is 22.3 Å². The van der Waals surface area contributed by atoms with Crippen molar-refractivity contribution < 1.29 is 33.0 Å². The molecule has 1 fully saturated rings. The molecule has 0 aromatic heterocycles. The molecular formula is C22H18FNO6S. The average Bonchev–Trinajstić information content (AvgIpc) is 2.96. The molecule has 1 aliphatic heterocycles. The van der Waals surface area contributed by atoms with Gasteiger partial charge in [0.15, 0.2) is 0 Å². The van der Waals surface area contributed by atoms with Gasteiger partial charge in [0, 0.05) is 0 Å². The minimum absolute atomic E-state index is 0.165. The molecule has 3 rings (SSSR count). The molecule has 0 N–H and O–H groups in total. The molecule has 7 nitrogen and oxygen atoms in total. The second kappa shape index (κ2) is 9.57. The standard InChI is InChI=1S/C22H18FNO6S/c1-13(2)29-19(25)12-24-20(26)18(31-22(24)28)11-14-3-9-17(10-4-14)30-21(27)15-5-7-16(23)8-6-15/h3-11,13H,12H2,1-2H3/b18-11-. The van der Waals surface area contributed by atoms with Crippen molar-refractivity contribution in [3.8, 4) is 5.75 Å². The fourth-order valence-corrected chi connectivity index (χ4v) is 3.44. The average molecular weight is 443 g/mol. The van der Waals surface area contributed by atoms with Crippen LogP contribution in [0.15, 0.2) is 53.4 Å². The third-order valence-electron chi connectivity index (χ3n) is 4.00. The van der Waals surface area contributed by atoms with Crippen molar-refractivity contribution in [1.29, 1.82) is 0 Å². The Hall–Kier alpha value is -3.46. The zero-order valence-electron chi connectivity index (χ0n) is 16.7. The highest BCUT2D eigenvalue weighted by Crippen LogP contribution is 2.32. The van der Waals surface area contributed by atoms with Crippen LogP contribution in [0.3, 0.4) is 0 Å². The van der Waals surface area contributed by atoms with Gasteiger partial charge >= 0.3 is 11.9 Å². The first-order valence-corrected chi connectivity index (χ1v) is 10.1. The number of hydrogen-bond acceptors (Lipinski definition) is 7. The van der Waals surface area contributed by atoms with E-state index in [1.807, 2.05) is 0 Å². The third kappa shape index (κ3) is 5.79. The van der Waals surface area contributed by atoms with Crippen LogP contribution in [0.2, 0.25) is 0 Å². The first-order chi connectivity index (χ1) is 14.7. The molecule has 0 aliphatic carbocycles. The molecule has 31 heavy (non-hydrogen) atoms. The smallest absolute Gasteiger partial charge is 0.343 e. The number of benzene rings is 2. The second-order valence-corrected chi connectivity index (χ2v) is 7.77. The number of esters is 2. The summed E-state index contributed by atoms with van der Waals surface area (Å²) in [6.45, 7) is 2.90. The van der Waals surface area contributed by atoms with Crippen LogP contribution in [0.4, 0.5) is 9.18 Å². The van der Waals surface area contributed by atoms with E-state index < -0.39 is 35.4 Å². The van der Waals surface area contributed by atoms with Crippen LogP contribution in [0.5, 0.6) is 5.75 Å². The Bertz CT molecular complexity index is 1050. The first kappa shape index (κ1) is 22.2. The Morgan fingerprint density at radius 3 is 2.32 bits per heavy atom. The maximum atomic E-state index is 12.9. The van der Waals surface area contributed by atoms with E-state index in [9.17, 15) is 23.6 Å². The lowest BCUT2D eigenvalue weighted by Crippen LogP contribution is -2.35. The first-order valence-electron chi connectivity index (χ1n) is 9.25. The van der Waals surface area contributed by atoms with E-state index in [4.69, 9.17) is 9.47 Å². The summed E-state index contributed by atoms with van der Waals surface area (Å²) in [4.78, 5) is 49.3. The van der Waals surface area contributed by atoms with E-state index in [0.717, 1.165) is 28.8 Å². The summed E-state index contributed by atoms with van der Waals surface area (Å²) in [6.07, 6.45) is 1.16. The summed E-state index contributed by atoms with van der Waals surface area (Å²) >= 11 is 0.726. The van der Waals surface area contributed by atoms with Crippen LogP contribution in [0.25, 0.3) is 6.08 Å². The van der Waals surface area contributed by atoms with Crippen LogP contribution in [-0.4, -0.2) is 40.6 Å². The van der Waals surface area contributed by atoms with Gasteiger partial charge in [0.1, 0.15) is 18.1 Å². The van der Waals surface area contributed by atoms with Gasteiger partial charge in [0.25, 0.3) is 11.1 Å². The lowest BCUT2D eigenvalue weighted by atomic mass is 10.2.